The van der Waals surface area contributed by atoms with Crippen LogP contribution in [0.1, 0.15) is 35.0 Å². The van der Waals surface area contributed by atoms with Crippen molar-refractivity contribution < 1.29 is 43.9 Å². The largest absolute Gasteiger partial charge is 0.495 e. The lowest BCUT2D eigenvalue weighted by molar-refractivity contribution is -0.107. The van der Waals surface area contributed by atoms with E-state index in [1.165, 1.54) is 44.5 Å². The van der Waals surface area contributed by atoms with Crippen LogP contribution in [0.5, 0.6) is 5.75 Å². The normalized spacial score (nSPS) is 24.9. The third kappa shape index (κ3) is 5.25. The summed E-state index contributed by atoms with van der Waals surface area (Å²) in [6, 6.07) is 6.50. The van der Waals surface area contributed by atoms with Gasteiger partial charge in [0.1, 0.15) is 27.5 Å². The molecule has 1 aromatic carbocycles. The highest BCUT2D eigenvalue weighted by Crippen LogP contribution is 2.52. The van der Waals surface area contributed by atoms with Gasteiger partial charge < -0.3 is 10.5 Å². The van der Waals surface area contributed by atoms with Crippen molar-refractivity contribution in [2.45, 2.75) is 36.2 Å². The van der Waals surface area contributed by atoms with Gasteiger partial charge in [-0.05, 0) is 43.2 Å². The molecule has 17 heteroatoms. The summed E-state index contributed by atoms with van der Waals surface area (Å²) in [6.07, 6.45) is -4.50. The Labute approximate surface area is 234 Å². The first kappa shape index (κ1) is 30.6. The Morgan fingerprint density at radius 2 is 1.90 bits per heavy atom. The average molecular weight is 622 g/mol. The molecule has 41 heavy (non-hydrogen) atoms. The van der Waals surface area contributed by atoms with Crippen molar-refractivity contribution in [3.8, 4) is 5.75 Å². The van der Waals surface area contributed by atoms with Gasteiger partial charge in [0, 0.05) is 32.1 Å². The first-order chi connectivity index (χ1) is 18.9. The molecule has 2 aromatic rings. The number of nitrogens with two attached hydrogens (primary N) is 1. The monoisotopic (exact) mass is 621 g/mol. The maximum absolute atomic E-state index is 15.5. The number of aliphatic imine (C=N–C) groups is 1. The van der Waals surface area contributed by atoms with E-state index in [2.05, 4.69) is 9.98 Å². The summed E-state index contributed by atoms with van der Waals surface area (Å²) in [5, 5.41) is 0. The number of methoxy groups -OCH3 is 1. The molecule has 2 aliphatic heterocycles. The number of sulfonamides is 2. The maximum atomic E-state index is 15.5. The van der Waals surface area contributed by atoms with E-state index in [4.69, 9.17) is 10.5 Å². The van der Waals surface area contributed by atoms with Gasteiger partial charge >= 0.3 is 6.18 Å². The molecule has 0 bridgehead atoms. The lowest BCUT2D eigenvalue weighted by Crippen LogP contribution is -2.66. The Kier molecular flexibility index (Phi) is 7.62. The molecule has 0 aliphatic carbocycles. The molecule has 0 unspecified atom stereocenters. The molecule has 2 aliphatic rings. The molecule has 2 N–H and O–H groups in total. The number of alkyl halides is 3. The number of Topliss-reactive ketones (excluding diaryl/α,β-unsaturated/α-hetero) is 1. The topological polar surface area (TPSA) is 152 Å². The van der Waals surface area contributed by atoms with Crippen LogP contribution in [0.2, 0.25) is 0 Å². The van der Waals surface area contributed by atoms with E-state index in [9.17, 15) is 34.8 Å². The van der Waals surface area contributed by atoms with Crippen molar-refractivity contribution in [2.75, 3.05) is 33.0 Å². The fraction of sp³-hybridized carbons (Fsp3) is 0.458. The second kappa shape index (κ2) is 10.2. The van der Waals surface area contributed by atoms with E-state index >= 15 is 4.39 Å². The zero-order valence-electron chi connectivity index (χ0n) is 22.1. The average Bonchev–Trinajstić information content (AvgIpc) is 3.36. The molecule has 1 fully saturated rings. The van der Waals surface area contributed by atoms with Gasteiger partial charge in [0.15, 0.2) is 11.5 Å². The van der Waals surface area contributed by atoms with E-state index in [-0.39, 0.29) is 23.2 Å². The van der Waals surface area contributed by atoms with Gasteiger partial charge in [0.25, 0.3) is 0 Å². The number of carbonyl (C=O) groups excluding carboxylic acids is 1. The Morgan fingerprint density at radius 3 is 2.49 bits per heavy atom. The van der Waals surface area contributed by atoms with Crippen molar-refractivity contribution in [3.63, 3.8) is 0 Å². The number of halogens is 4. The SMILES string of the molecule is COc1ccc(C(=O)Cc2ccc(F)c([C@@]3(C)N=C(N)N(C)S(=O)(=O)[C@]34CCN(S(=O)(=O)CC(F)(F)F)C4)c2)nc1. The predicted molar refractivity (Wildman–Crippen MR) is 140 cm³/mol. The third-order valence-electron chi connectivity index (χ3n) is 7.52. The number of ether oxygens (including phenoxy) is 1. The molecule has 0 saturated carbocycles. The number of aromatic nitrogens is 1. The van der Waals surface area contributed by atoms with Gasteiger partial charge in [-0.1, -0.05) is 6.07 Å². The number of pyridine rings is 1. The Balaban J connectivity index is 1.80. The molecule has 2 atom stereocenters. The number of hydrogen-bond acceptors (Lipinski definition) is 9. The molecule has 11 nitrogen and oxygen atoms in total. The lowest BCUT2D eigenvalue weighted by atomic mass is 9.77. The standard InChI is InChI=1S/C24H27F4N5O6S2/c1-22(17-10-15(4-6-18(17)25)11-20(34)19-7-5-16(39-3)12-30-19)23(41(37,38)32(2)21(29)31-22)8-9-33(13-23)40(35,36)14-24(26,27)28/h4-7,10,12H,8-9,11,13-14H2,1-3H3,(H2,29,31)/t22-,23+/m1/s1. The van der Waals surface area contributed by atoms with Gasteiger partial charge in [-0.25, -0.2) is 35.5 Å². The minimum Gasteiger partial charge on any atom is -0.495 e. The fourth-order valence-corrected chi connectivity index (χ4v) is 8.83. The molecule has 0 amide bonds. The van der Waals surface area contributed by atoms with E-state index in [0.29, 0.717) is 14.4 Å². The smallest absolute Gasteiger partial charge is 0.404 e. The highest BCUT2D eigenvalue weighted by atomic mass is 32.2. The van der Waals surface area contributed by atoms with Gasteiger partial charge in [-0.3, -0.25) is 4.79 Å². The summed E-state index contributed by atoms with van der Waals surface area (Å²) in [6.45, 7) is -0.275. The van der Waals surface area contributed by atoms with Crippen molar-refractivity contribution in [2.24, 2.45) is 10.7 Å². The summed E-state index contributed by atoms with van der Waals surface area (Å²) in [5.41, 5.74) is 3.84. The maximum Gasteiger partial charge on any atom is 0.404 e. The summed E-state index contributed by atoms with van der Waals surface area (Å²) in [4.78, 5) is 21.2. The van der Waals surface area contributed by atoms with Crippen LogP contribution in [0.15, 0.2) is 41.5 Å². The Bertz CT molecular complexity index is 1620. The van der Waals surface area contributed by atoms with Crippen molar-refractivity contribution in [1.29, 1.82) is 0 Å². The van der Waals surface area contributed by atoms with Crippen LogP contribution in [0.4, 0.5) is 17.6 Å². The van der Waals surface area contributed by atoms with E-state index in [1.54, 1.807) is 0 Å². The molecule has 1 saturated heterocycles. The molecular formula is C24H27F4N5O6S2. The number of nitrogens with zero attached hydrogens (tertiary/aromatic N) is 4. The molecule has 1 aromatic heterocycles. The highest BCUT2D eigenvalue weighted by Gasteiger charge is 2.67. The molecular weight excluding hydrogens is 594 g/mol. The summed E-state index contributed by atoms with van der Waals surface area (Å²) in [5.74, 6) is -3.68. The lowest BCUT2D eigenvalue weighted by Gasteiger charge is -2.48. The van der Waals surface area contributed by atoms with Gasteiger partial charge in [-0.15, -0.1) is 0 Å². The van der Waals surface area contributed by atoms with Crippen molar-refractivity contribution in [3.05, 3.63) is 59.2 Å². The number of rotatable bonds is 7. The van der Waals surface area contributed by atoms with E-state index < -0.39 is 79.3 Å². The van der Waals surface area contributed by atoms with Crippen LogP contribution in [-0.2, 0) is 32.0 Å². The number of benzene rings is 1. The van der Waals surface area contributed by atoms with Crippen LogP contribution in [0.25, 0.3) is 0 Å². The fourth-order valence-electron chi connectivity index (χ4n) is 5.23. The second-order valence-corrected chi connectivity index (χ2v) is 14.2. The zero-order chi connectivity index (χ0) is 30.6. The number of guanidine groups is 1. The van der Waals surface area contributed by atoms with Crippen LogP contribution in [0, 0.1) is 5.82 Å². The van der Waals surface area contributed by atoms with Crippen molar-refractivity contribution >= 4 is 31.8 Å². The minimum absolute atomic E-state index is 0.0878. The van der Waals surface area contributed by atoms with Crippen LogP contribution in [0.3, 0.4) is 0 Å². The summed E-state index contributed by atoms with van der Waals surface area (Å²) in [7, 11) is -7.10. The van der Waals surface area contributed by atoms with Gasteiger partial charge in [0.2, 0.25) is 26.0 Å². The highest BCUT2D eigenvalue weighted by molar-refractivity contribution is 7.91. The van der Waals surface area contributed by atoms with Gasteiger partial charge in [0.05, 0.1) is 13.3 Å². The quantitative estimate of drug-likeness (QED) is 0.363. The van der Waals surface area contributed by atoms with Crippen molar-refractivity contribution in [1.82, 2.24) is 13.6 Å². The summed E-state index contributed by atoms with van der Waals surface area (Å²) >= 11 is 0. The van der Waals surface area contributed by atoms with Crippen LogP contribution < -0.4 is 10.5 Å². The van der Waals surface area contributed by atoms with E-state index in [1.807, 2.05) is 0 Å². The third-order valence-corrected chi connectivity index (χ3v) is 11.9. The molecule has 4 rings (SSSR count). The molecule has 224 valence electrons. The number of ketones is 1. The molecule has 1 spiro atoms. The van der Waals surface area contributed by atoms with Gasteiger partial charge in [-0.2, -0.15) is 17.5 Å². The minimum atomic E-state index is -5.07. The first-order valence-electron chi connectivity index (χ1n) is 12.1. The Morgan fingerprint density at radius 1 is 1.22 bits per heavy atom. The zero-order valence-corrected chi connectivity index (χ0v) is 23.8. The number of carbonyl (C=O) groups is 1. The number of hydrogen-bond donors (Lipinski definition) is 1. The predicted octanol–water partition coefficient (Wildman–Crippen LogP) is 1.80. The first-order valence-corrected chi connectivity index (χ1v) is 15.1. The van der Waals surface area contributed by atoms with Crippen LogP contribution in [-0.4, -0.2) is 86.1 Å². The molecule has 0 radical (unpaired) electrons. The summed E-state index contributed by atoms with van der Waals surface area (Å²) < 4.78 is 111. The van der Waals surface area contributed by atoms with E-state index in [0.717, 1.165) is 13.1 Å². The Hall–Kier alpha value is -3.31. The molecule has 3 heterocycles. The van der Waals surface area contributed by atoms with Crippen LogP contribution >= 0.6 is 0 Å². The second-order valence-electron chi connectivity index (χ2n) is 9.96.